The number of ether oxygens (including phenoxy) is 1. The van der Waals surface area contributed by atoms with Gasteiger partial charge in [0.15, 0.2) is 0 Å². The van der Waals surface area contributed by atoms with E-state index in [1.54, 1.807) is 0 Å². The number of halogens is 1. The van der Waals surface area contributed by atoms with E-state index in [1.807, 2.05) is 0 Å². The van der Waals surface area contributed by atoms with Gasteiger partial charge < -0.3 is 4.74 Å². The highest BCUT2D eigenvalue weighted by Crippen LogP contribution is 2.35. The first kappa shape index (κ1) is 6.37. The van der Waals surface area contributed by atoms with Crippen LogP contribution < -0.4 is 0 Å². The number of alkyl halides is 1. The van der Waals surface area contributed by atoms with Crippen LogP contribution in [-0.2, 0) is 4.74 Å². The molecule has 1 rings (SSSR count). The molecule has 0 aromatic rings. The van der Waals surface area contributed by atoms with Crippen LogP contribution in [0.4, 0.5) is 0 Å². The molecule has 1 aliphatic rings. The fourth-order valence-electron chi connectivity index (χ4n) is 0.657. The van der Waals surface area contributed by atoms with Crippen molar-refractivity contribution in [3.05, 3.63) is 0 Å². The van der Waals surface area contributed by atoms with Crippen LogP contribution in [0.3, 0.4) is 0 Å². The average molecular weight is 135 g/mol. The van der Waals surface area contributed by atoms with Crippen LogP contribution in [0.15, 0.2) is 0 Å². The fraction of sp³-hybridized carbons (Fsp3) is 1.00. The summed E-state index contributed by atoms with van der Waals surface area (Å²) in [5.41, 5.74) is 0.0571. The lowest BCUT2D eigenvalue weighted by Crippen LogP contribution is -2.20. The predicted octanol–water partition coefficient (Wildman–Crippen LogP) is 1.65. The largest absolute Gasteiger partial charge is 0.368 e. The molecule has 0 aromatic heterocycles. The molecule has 0 amide bonds. The van der Waals surface area contributed by atoms with E-state index >= 15 is 0 Å². The van der Waals surface area contributed by atoms with Gasteiger partial charge in [-0.2, -0.15) is 0 Å². The molecular formula is C6H11ClO. The quantitative estimate of drug-likeness (QED) is 0.413. The highest BCUT2D eigenvalue weighted by molar-refractivity contribution is 6.18. The summed E-state index contributed by atoms with van der Waals surface area (Å²) in [5.74, 6) is 1.21. The third kappa shape index (κ3) is 0.848. The Morgan fingerprint density at radius 1 is 1.75 bits per heavy atom. The van der Waals surface area contributed by atoms with E-state index < -0.39 is 0 Å². The van der Waals surface area contributed by atoms with Crippen molar-refractivity contribution in [2.75, 3.05) is 12.5 Å². The third-order valence-corrected chi connectivity index (χ3v) is 2.25. The molecule has 0 aromatic carbocycles. The summed E-state index contributed by atoms with van der Waals surface area (Å²) < 4.78 is 5.17. The number of hydrogen-bond acceptors (Lipinski definition) is 1. The monoisotopic (exact) mass is 134 g/mol. The smallest absolute Gasteiger partial charge is 0.107 e. The second-order valence-electron chi connectivity index (χ2n) is 2.64. The second kappa shape index (κ2) is 1.89. The molecule has 1 unspecified atom stereocenters. The van der Waals surface area contributed by atoms with Crippen molar-refractivity contribution in [2.45, 2.75) is 19.4 Å². The van der Waals surface area contributed by atoms with Gasteiger partial charge in [0.2, 0.25) is 0 Å². The van der Waals surface area contributed by atoms with Crippen molar-refractivity contribution in [1.82, 2.24) is 0 Å². The molecule has 1 aliphatic heterocycles. The van der Waals surface area contributed by atoms with E-state index in [9.17, 15) is 0 Å². The second-order valence-corrected chi connectivity index (χ2v) is 2.91. The first-order valence-electron chi connectivity index (χ1n) is 2.91. The summed E-state index contributed by atoms with van der Waals surface area (Å²) >= 11 is 5.63. The SMILES string of the molecule is CC(C)C1(CCl)CO1. The minimum Gasteiger partial charge on any atom is -0.368 e. The van der Waals surface area contributed by atoms with Gasteiger partial charge in [0.1, 0.15) is 5.60 Å². The molecule has 0 aliphatic carbocycles. The van der Waals surface area contributed by atoms with E-state index in [0.717, 1.165) is 6.61 Å². The lowest BCUT2D eigenvalue weighted by atomic mass is 9.99. The number of epoxide rings is 1. The summed E-state index contributed by atoms with van der Waals surface area (Å²) in [4.78, 5) is 0. The van der Waals surface area contributed by atoms with Gasteiger partial charge in [0.25, 0.3) is 0 Å². The van der Waals surface area contributed by atoms with Gasteiger partial charge in [-0.15, -0.1) is 11.6 Å². The van der Waals surface area contributed by atoms with Crippen LogP contribution in [-0.4, -0.2) is 18.1 Å². The Bertz CT molecular complexity index is 86.5. The first-order valence-corrected chi connectivity index (χ1v) is 3.45. The van der Waals surface area contributed by atoms with E-state index in [1.165, 1.54) is 0 Å². The van der Waals surface area contributed by atoms with Gasteiger partial charge in [-0.3, -0.25) is 0 Å². The maximum Gasteiger partial charge on any atom is 0.107 e. The summed E-state index contributed by atoms with van der Waals surface area (Å²) in [6, 6.07) is 0. The molecule has 0 spiro atoms. The molecule has 0 bridgehead atoms. The number of rotatable bonds is 2. The van der Waals surface area contributed by atoms with Gasteiger partial charge in [0.05, 0.1) is 12.5 Å². The van der Waals surface area contributed by atoms with Crippen molar-refractivity contribution in [3.8, 4) is 0 Å². The number of hydrogen-bond donors (Lipinski definition) is 0. The van der Waals surface area contributed by atoms with E-state index in [-0.39, 0.29) is 5.60 Å². The van der Waals surface area contributed by atoms with Gasteiger partial charge in [-0.05, 0) is 5.92 Å². The maximum atomic E-state index is 5.63. The molecule has 1 atom stereocenters. The normalized spacial score (nSPS) is 36.0. The Labute approximate surface area is 55.0 Å². The molecule has 0 N–H and O–H groups in total. The van der Waals surface area contributed by atoms with E-state index in [2.05, 4.69) is 13.8 Å². The fourth-order valence-corrected chi connectivity index (χ4v) is 1.12. The topological polar surface area (TPSA) is 12.5 Å². The van der Waals surface area contributed by atoms with Crippen LogP contribution in [0.1, 0.15) is 13.8 Å². The Morgan fingerprint density at radius 3 is 2.25 bits per heavy atom. The summed E-state index contributed by atoms with van der Waals surface area (Å²) in [5, 5.41) is 0. The van der Waals surface area contributed by atoms with Crippen molar-refractivity contribution < 1.29 is 4.74 Å². The molecular weight excluding hydrogens is 124 g/mol. The molecule has 2 heteroatoms. The van der Waals surface area contributed by atoms with Crippen molar-refractivity contribution >= 4 is 11.6 Å². The third-order valence-electron chi connectivity index (χ3n) is 1.79. The van der Waals surface area contributed by atoms with Crippen LogP contribution in [0, 0.1) is 5.92 Å². The summed E-state index contributed by atoms with van der Waals surface area (Å²) in [7, 11) is 0. The molecule has 0 radical (unpaired) electrons. The summed E-state index contributed by atoms with van der Waals surface area (Å²) in [6.45, 7) is 5.12. The van der Waals surface area contributed by atoms with Crippen LogP contribution >= 0.6 is 11.6 Å². The minimum atomic E-state index is 0.0571. The van der Waals surface area contributed by atoms with Crippen molar-refractivity contribution in [1.29, 1.82) is 0 Å². The highest BCUT2D eigenvalue weighted by Gasteiger charge is 2.46. The first-order chi connectivity index (χ1) is 3.71. The highest BCUT2D eigenvalue weighted by atomic mass is 35.5. The standard InChI is InChI=1S/C6H11ClO/c1-5(2)6(3-7)4-8-6/h5H,3-4H2,1-2H3. The van der Waals surface area contributed by atoms with Gasteiger partial charge in [-0.1, -0.05) is 13.8 Å². The van der Waals surface area contributed by atoms with Gasteiger partial charge in [0, 0.05) is 0 Å². The van der Waals surface area contributed by atoms with Crippen LogP contribution in [0.2, 0.25) is 0 Å². The Balaban J connectivity index is 2.41. The van der Waals surface area contributed by atoms with E-state index in [0.29, 0.717) is 11.8 Å². The predicted molar refractivity (Wildman–Crippen MR) is 34.2 cm³/mol. The van der Waals surface area contributed by atoms with Crippen molar-refractivity contribution in [3.63, 3.8) is 0 Å². The average Bonchev–Trinajstić information content (AvgIpc) is 2.44. The van der Waals surface area contributed by atoms with Gasteiger partial charge >= 0.3 is 0 Å². The Hall–Kier alpha value is 0.250. The molecule has 0 saturated carbocycles. The molecule has 8 heavy (non-hydrogen) atoms. The summed E-state index contributed by atoms with van der Waals surface area (Å²) in [6.07, 6.45) is 0. The molecule has 1 heterocycles. The zero-order chi connectivity index (χ0) is 6.20. The zero-order valence-electron chi connectivity index (χ0n) is 5.28. The maximum absolute atomic E-state index is 5.63. The van der Waals surface area contributed by atoms with E-state index in [4.69, 9.17) is 16.3 Å². The lowest BCUT2D eigenvalue weighted by molar-refractivity contribution is 0.263. The molecule has 48 valence electrons. The zero-order valence-corrected chi connectivity index (χ0v) is 6.03. The molecule has 1 fully saturated rings. The lowest BCUT2D eigenvalue weighted by Gasteiger charge is -2.10. The van der Waals surface area contributed by atoms with Gasteiger partial charge in [-0.25, -0.2) is 0 Å². The minimum absolute atomic E-state index is 0.0571. The Morgan fingerprint density at radius 2 is 2.25 bits per heavy atom. The van der Waals surface area contributed by atoms with Crippen molar-refractivity contribution in [2.24, 2.45) is 5.92 Å². The van der Waals surface area contributed by atoms with Crippen LogP contribution in [0.25, 0.3) is 0 Å². The molecule has 1 saturated heterocycles. The molecule has 1 nitrogen and oxygen atoms in total. The Kier molecular flexibility index (Phi) is 1.50. The van der Waals surface area contributed by atoms with Crippen LogP contribution in [0.5, 0.6) is 0 Å².